The normalized spacial score (nSPS) is 9.07. The standard InChI is InChI=1S/C10H10N2O2/c11-7-8-2-1-3-9(6-8)12-5-4-10(13)14/h1-3,6,12H,4-5H2,(H,13,14). The molecule has 0 fully saturated rings. The summed E-state index contributed by atoms with van der Waals surface area (Å²) in [6.07, 6.45) is 0.0663. The minimum absolute atomic E-state index is 0.0663. The van der Waals surface area contributed by atoms with Crippen LogP contribution in [-0.2, 0) is 4.79 Å². The van der Waals surface area contributed by atoms with E-state index in [-0.39, 0.29) is 6.42 Å². The van der Waals surface area contributed by atoms with Gasteiger partial charge in [-0.1, -0.05) is 6.07 Å². The number of anilines is 1. The van der Waals surface area contributed by atoms with Crippen LogP contribution < -0.4 is 5.32 Å². The first kappa shape index (κ1) is 10.1. The molecular formula is C10H10N2O2. The summed E-state index contributed by atoms with van der Waals surface area (Å²) in [6, 6.07) is 8.94. The van der Waals surface area contributed by atoms with E-state index >= 15 is 0 Å². The summed E-state index contributed by atoms with van der Waals surface area (Å²) in [5, 5.41) is 19.9. The Morgan fingerprint density at radius 3 is 3.00 bits per heavy atom. The van der Waals surface area contributed by atoms with E-state index in [0.717, 1.165) is 5.69 Å². The molecule has 0 saturated heterocycles. The molecule has 0 bridgehead atoms. The van der Waals surface area contributed by atoms with E-state index in [2.05, 4.69) is 5.32 Å². The van der Waals surface area contributed by atoms with Crippen molar-refractivity contribution in [2.75, 3.05) is 11.9 Å². The molecule has 2 N–H and O–H groups in total. The van der Waals surface area contributed by atoms with Crippen LogP contribution in [0.15, 0.2) is 24.3 Å². The van der Waals surface area contributed by atoms with Crippen LogP contribution in [0.2, 0.25) is 0 Å². The minimum atomic E-state index is -0.839. The summed E-state index contributed by atoms with van der Waals surface area (Å²) in [5.41, 5.74) is 1.33. The summed E-state index contributed by atoms with van der Waals surface area (Å²) >= 11 is 0. The summed E-state index contributed by atoms with van der Waals surface area (Å²) in [4.78, 5) is 10.2. The number of hydrogen-bond donors (Lipinski definition) is 2. The van der Waals surface area contributed by atoms with Crippen LogP contribution in [0.3, 0.4) is 0 Å². The van der Waals surface area contributed by atoms with Gasteiger partial charge in [0.15, 0.2) is 0 Å². The van der Waals surface area contributed by atoms with Gasteiger partial charge in [-0.05, 0) is 18.2 Å². The first-order valence-corrected chi connectivity index (χ1v) is 4.18. The SMILES string of the molecule is N#Cc1cccc(NCCC(=O)O)c1. The van der Waals surface area contributed by atoms with Crippen LogP contribution in [0.25, 0.3) is 0 Å². The number of carboxylic acid groups (broad SMARTS) is 1. The van der Waals surface area contributed by atoms with Crippen molar-refractivity contribution < 1.29 is 9.90 Å². The van der Waals surface area contributed by atoms with Crippen LogP contribution in [0.4, 0.5) is 5.69 Å². The summed E-state index contributed by atoms with van der Waals surface area (Å²) in [7, 11) is 0. The van der Waals surface area contributed by atoms with Crippen LogP contribution in [0.5, 0.6) is 0 Å². The first-order valence-electron chi connectivity index (χ1n) is 4.18. The zero-order chi connectivity index (χ0) is 10.4. The maximum absolute atomic E-state index is 10.2. The van der Waals surface area contributed by atoms with E-state index in [1.807, 2.05) is 6.07 Å². The molecule has 72 valence electrons. The fraction of sp³-hybridized carbons (Fsp3) is 0.200. The molecule has 0 radical (unpaired) electrons. The van der Waals surface area contributed by atoms with Crippen molar-refractivity contribution >= 4 is 11.7 Å². The molecule has 0 saturated carbocycles. The highest BCUT2D eigenvalue weighted by molar-refractivity contribution is 5.67. The maximum Gasteiger partial charge on any atom is 0.305 e. The van der Waals surface area contributed by atoms with E-state index in [9.17, 15) is 4.79 Å². The van der Waals surface area contributed by atoms with E-state index in [1.165, 1.54) is 0 Å². The van der Waals surface area contributed by atoms with Gasteiger partial charge in [-0.2, -0.15) is 5.26 Å². The fourth-order valence-electron chi connectivity index (χ4n) is 1.01. The summed E-state index contributed by atoms with van der Waals surface area (Å²) in [6.45, 7) is 0.365. The number of aliphatic carboxylic acids is 1. The van der Waals surface area contributed by atoms with Crippen molar-refractivity contribution in [2.24, 2.45) is 0 Å². The Morgan fingerprint density at radius 1 is 1.57 bits per heavy atom. The molecule has 0 heterocycles. The van der Waals surface area contributed by atoms with Crippen molar-refractivity contribution in [3.63, 3.8) is 0 Å². The van der Waals surface area contributed by atoms with Crippen molar-refractivity contribution in [1.29, 1.82) is 5.26 Å². The van der Waals surface area contributed by atoms with Gasteiger partial charge in [-0.15, -0.1) is 0 Å². The molecule has 0 spiro atoms. The van der Waals surface area contributed by atoms with Crippen molar-refractivity contribution in [2.45, 2.75) is 6.42 Å². The van der Waals surface area contributed by atoms with Crippen LogP contribution in [0, 0.1) is 11.3 Å². The topological polar surface area (TPSA) is 73.1 Å². The molecule has 1 rings (SSSR count). The second-order valence-electron chi connectivity index (χ2n) is 2.76. The molecule has 0 aliphatic heterocycles. The minimum Gasteiger partial charge on any atom is -0.481 e. The Kier molecular flexibility index (Phi) is 3.50. The third kappa shape index (κ3) is 3.15. The molecule has 4 heteroatoms. The number of nitriles is 1. The highest BCUT2D eigenvalue weighted by Crippen LogP contribution is 2.09. The zero-order valence-corrected chi connectivity index (χ0v) is 7.53. The molecule has 0 aromatic heterocycles. The van der Waals surface area contributed by atoms with Gasteiger partial charge in [0.05, 0.1) is 18.1 Å². The first-order chi connectivity index (χ1) is 6.72. The van der Waals surface area contributed by atoms with Gasteiger partial charge in [0.25, 0.3) is 0 Å². The predicted molar refractivity (Wildman–Crippen MR) is 51.9 cm³/mol. The quantitative estimate of drug-likeness (QED) is 0.753. The average Bonchev–Trinajstić information content (AvgIpc) is 2.18. The van der Waals surface area contributed by atoms with Gasteiger partial charge >= 0.3 is 5.97 Å². The molecule has 0 aliphatic carbocycles. The number of carbonyl (C=O) groups is 1. The van der Waals surface area contributed by atoms with E-state index in [0.29, 0.717) is 12.1 Å². The third-order valence-corrected chi connectivity index (χ3v) is 1.66. The number of rotatable bonds is 4. The molecule has 0 amide bonds. The van der Waals surface area contributed by atoms with Gasteiger partial charge in [-0.25, -0.2) is 0 Å². The monoisotopic (exact) mass is 190 g/mol. The van der Waals surface area contributed by atoms with Crippen LogP contribution in [0.1, 0.15) is 12.0 Å². The molecule has 14 heavy (non-hydrogen) atoms. The smallest absolute Gasteiger partial charge is 0.305 e. The number of benzene rings is 1. The fourth-order valence-corrected chi connectivity index (χ4v) is 1.01. The highest BCUT2D eigenvalue weighted by atomic mass is 16.4. The lowest BCUT2D eigenvalue weighted by Crippen LogP contribution is -2.07. The Labute approximate surface area is 81.8 Å². The molecule has 1 aromatic carbocycles. The molecule has 0 atom stereocenters. The second kappa shape index (κ2) is 4.87. The van der Waals surface area contributed by atoms with Crippen molar-refractivity contribution in [3.8, 4) is 6.07 Å². The van der Waals surface area contributed by atoms with Crippen molar-refractivity contribution in [3.05, 3.63) is 29.8 Å². The van der Waals surface area contributed by atoms with E-state index in [1.54, 1.807) is 24.3 Å². The second-order valence-corrected chi connectivity index (χ2v) is 2.76. The molecule has 1 aromatic rings. The third-order valence-electron chi connectivity index (χ3n) is 1.66. The molecule has 0 unspecified atom stereocenters. The lowest BCUT2D eigenvalue weighted by Gasteiger charge is -2.03. The molecular weight excluding hydrogens is 180 g/mol. The highest BCUT2D eigenvalue weighted by Gasteiger charge is 1.97. The van der Waals surface area contributed by atoms with Gasteiger partial charge in [0, 0.05) is 12.2 Å². The van der Waals surface area contributed by atoms with Crippen LogP contribution >= 0.6 is 0 Å². The largest absolute Gasteiger partial charge is 0.481 e. The van der Waals surface area contributed by atoms with Gasteiger partial charge < -0.3 is 10.4 Å². The Morgan fingerprint density at radius 2 is 2.36 bits per heavy atom. The van der Waals surface area contributed by atoms with Gasteiger partial charge in [0.1, 0.15) is 0 Å². The molecule has 4 nitrogen and oxygen atoms in total. The molecule has 0 aliphatic rings. The van der Waals surface area contributed by atoms with Crippen LogP contribution in [-0.4, -0.2) is 17.6 Å². The zero-order valence-electron chi connectivity index (χ0n) is 7.53. The Bertz CT molecular complexity index is 369. The average molecular weight is 190 g/mol. The lowest BCUT2D eigenvalue weighted by atomic mass is 10.2. The van der Waals surface area contributed by atoms with E-state index < -0.39 is 5.97 Å². The summed E-state index contributed by atoms with van der Waals surface area (Å²) in [5.74, 6) is -0.839. The Balaban J connectivity index is 2.51. The maximum atomic E-state index is 10.2. The lowest BCUT2D eigenvalue weighted by molar-refractivity contribution is -0.136. The van der Waals surface area contributed by atoms with Crippen molar-refractivity contribution in [1.82, 2.24) is 0 Å². The number of hydrogen-bond acceptors (Lipinski definition) is 3. The number of nitrogens with zero attached hydrogens (tertiary/aromatic N) is 1. The number of nitrogens with one attached hydrogen (secondary N) is 1. The van der Waals surface area contributed by atoms with Gasteiger partial charge in [0.2, 0.25) is 0 Å². The van der Waals surface area contributed by atoms with E-state index in [4.69, 9.17) is 10.4 Å². The Hall–Kier alpha value is -2.02. The van der Waals surface area contributed by atoms with Gasteiger partial charge in [-0.3, -0.25) is 4.79 Å². The summed E-state index contributed by atoms with van der Waals surface area (Å²) < 4.78 is 0. The number of carboxylic acids is 1. The predicted octanol–water partition coefficient (Wildman–Crippen LogP) is 1.44.